The third-order valence-corrected chi connectivity index (χ3v) is 3.21. The number of benzene rings is 2. The zero-order valence-corrected chi connectivity index (χ0v) is 13.5. The Kier molecular flexibility index (Phi) is 6.95. The van der Waals surface area contributed by atoms with Crippen LogP contribution in [-0.2, 0) is 11.3 Å². The second-order valence-electron chi connectivity index (χ2n) is 5.16. The van der Waals surface area contributed by atoms with Crippen molar-refractivity contribution in [3.8, 4) is 11.8 Å². The van der Waals surface area contributed by atoms with E-state index in [1.807, 2.05) is 30.3 Å². The van der Waals surface area contributed by atoms with Crippen molar-refractivity contribution in [2.75, 3.05) is 6.54 Å². The lowest BCUT2D eigenvalue weighted by Gasteiger charge is -2.05. The first-order valence-electron chi connectivity index (χ1n) is 7.70. The average molecular weight is 335 g/mol. The SMILES string of the molecule is O=Cc1cc(C#CCCNC(=O)OCc2ccccc2)cc(C=O)c1. The van der Waals surface area contributed by atoms with Gasteiger partial charge in [0.25, 0.3) is 0 Å². The van der Waals surface area contributed by atoms with Crippen LogP contribution in [0.4, 0.5) is 4.79 Å². The summed E-state index contributed by atoms with van der Waals surface area (Å²) in [6.45, 7) is 0.555. The minimum atomic E-state index is -0.503. The molecule has 0 spiro atoms. The van der Waals surface area contributed by atoms with E-state index in [4.69, 9.17) is 4.74 Å². The summed E-state index contributed by atoms with van der Waals surface area (Å²) >= 11 is 0. The Morgan fingerprint density at radius 1 is 1.04 bits per heavy atom. The first-order valence-corrected chi connectivity index (χ1v) is 7.70. The molecule has 0 aliphatic rings. The third kappa shape index (κ3) is 6.32. The van der Waals surface area contributed by atoms with Gasteiger partial charge in [-0.3, -0.25) is 9.59 Å². The summed E-state index contributed by atoms with van der Waals surface area (Å²) in [6.07, 6.45) is 1.25. The van der Waals surface area contributed by atoms with Gasteiger partial charge in [-0.2, -0.15) is 0 Å². The quantitative estimate of drug-likeness (QED) is 0.500. The molecule has 0 unspecified atom stereocenters. The lowest BCUT2D eigenvalue weighted by molar-refractivity contribution is 0.112. The maximum absolute atomic E-state index is 11.6. The van der Waals surface area contributed by atoms with E-state index >= 15 is 0 Å². The van der Waals surface area contributed by atoms with Crippen LogP contribution in [0.25, 0.3) is 0 Å². The second-order valence-corrected chi connectivity index (χ2v) is 5.16. The maximum atomic E-state index is 11.6. The highest BCUT2D eigenvalue weighted by Gasteiger charge is 2.01. The lowest BCUT2D eigenvalue weighted by atomic mass is 10.1. The molecule has 0 aromatic heterocycles. The van der Waals surface area contributed by atoms with Gasteiger partial charge in [-0.15, -0.1) is 0 Å². The number of carbonyl (C=O) groups is 3. The summed E-state index contributed by atoms with van der Waals surface area (Å²) in [5.41, 5.74) is 2.30. The van der Waals surface area contributed by atoms with Gasteiger partial charge in [-0.25, -0.2) is 4.79 Å². The van der Waals surface area contributed by atoms with E-state index in [-0.39, 0.29) is 6.61 Å². The summed E-state index contributed by atoms with van der Waals surface area (Å²) in [4.78, 5) is 33.2. The van der Waals surface area contributed by atoms with Crippen LogP contribution in [0.5, 0.6) is 0 Å². The van der Waals surface area contributed by atoms with Crippen LogP contribution in [0, 0.1) is 11.8 Å². The summed E-state index contributed by atoms with van der Waals surface area (Å²) in [5, 5.41) is 2.61. The van der Waals surface area contributed by atoms with Crippen molar-refractivity contribution >= 4 is 18.7 Å². The summed E-state index contributed by atoms with van der Waals surface area (Å²) < 4.78 is 5.08. The Hall–Kier alpha value is -3.39. The fourth-order valence-corrected chi connectivity index (χ4v) is 2.05. The largest absolute Gasteiger partial charge is 0.445 e. The normalized spacial score (nSPS) is 9.44. The molecule has 25 heavy (non-hydrogen) atoms. The standard InChI is InChI=1S/C20H17NO4/c22-13-18-10-17(11-19(12-18)14-23)8-4-5-9-21-20(24)25-15-16-6-2-1-3-7-16/h1-3,6-7,10-14H,5,9,15H2,(H,21,24). The van der Waals surface area contributed by atoms with E-state index in [0.29, 0.717) is 42.2 Å². The molecule has 0 saturated heterocycles. The highest BCUT2D eigenvalue weighted by molar-refractivity contribution is 5.83. The Balaban J connectivity index is 1.76. The highest BCUT2D eigenvalue weighted by Crippen LogP contribution is 2.06. The zero-order chi connectivity index (χ0) is 17.9. The molecule has 0 atom stereocenters. The van der Waals surface area contributed by atoms with Gasteiger partial charge in [0.2, 0.25) is 0 Å². The number of hydrogen-bond acceptors (Lipinski definition) is 4. The minimum absolute atomic E-state index is 0.214. The first-order chi connectivity index (χ1) is 12.2. The van der Waals surface area contributed by atoms with E-state index in [0.717, 1.165) is 5.56 Å². The number of amides is 1. The number of carbonyl (C=O) groups excluding carboxylic acids is 3. The van der Waals surface area contributed by atoms with Crippen molar-refractivity contribution in [1.82, 2.24) is 5.32 Å². The van der Waals surface area contributed by atoms with Gasteiger partial charge >= 0.3 is 6.09 Å². The fraction of sp³-hybridized carbons (Fsp3) is 0.150. The molecule has 2 aromatic carbocycles. The van der Waals surface area contributed by atoms with Gasteiger partial charge in [0.1, 0.15) is 19.2 Å². The zero-order valence-electron chi connectivity index (χ0n) is 13.5. The van der Waals surface area contributed by atoms with Gasteiger partial charge < -0.3 is 10.1 Å². The van der Waals surface area contributed by atoms with Crippen LogP contribution in [0.1, 0.15) is 38.3 Å². The van der Waals surface area contributed by atoms with Gasteiger partial charge in [-0.1, -0.05) is 42.2 Å². The molecule has 1 amide bonds. The molecule has 2 aromatic rings. The fourth-order valence-electron chi connectivity index (χ4n) is 2.05. The molecule has 2 rings (SSSR count). The number of rotatable bonds is 6. The second kappa shape index (κ2) is 9.68. The molecule has 126 valence electrons. The minimum Gasteiger partial charge on any atom is -0.445 e. The van der Waals surface area contributed by atoms with Gasteiger partial charge in [0, 0.05) is 29.7 Å². The number of alkyl carbamates (subject to hydrolysis) is 1. The van der Waals surface area contributed by atoms with Crippen molar-refractivity contribution in [1.29, 1.82) is 0 Å². The van der Waals surface area contributed by atoms with Crippen LogP contribution in [0.15, 0.2) is 48.5 Å². The third-order valence-electron chi connectivity index (χ3n) is 3.21. The molecule has 1 N–H and O–H groups in total. The molecular formula is C20H17NO4. The first kappa shape index (κ1) is 18.0. The van der Waals surface area contributed by atoms with Crippen molar-refractivity contribution in [2.24, 2.45) is 0 Å². The van der Waals surface area contributed by atoms with Gasteiger partial charge in [0.05, 0.1) is 0 Å². The lowest BCUT2D eigenvalue weighted by Crippen LogP contribution is -2.24. The molecule has 0 radical (unpaired) electrons. The van der Waals surface area contributed by atoms with Crippen LogP contribution < -0.4 is 5.32 Å². The van der Waals surface area contributed by atoms with Crippen molar-refractivity contribution in [3.05, 3.63) is 70.8 Å². The Morgan fingerprint density at radius 3 is 2.36 bits per heavy atom. The van der Waals surface area contributed by atoms with E-state index in [9.17, 15) is 14.4 Å². The predicted octanol–water partition coefficient (Wildman–Crippen LogP) is 2.98. The summed E-state index contributed by atoms with van der Waals surface area (Å²) in [5.74, 6) is 5.75. The Morgan fingerprint density at radius 2 is 1.72 bits per heavy atom. The number of aldehydes is 2. The van der Waals surface area contributed by atoms with Crippen LogP contribution >= 0.6 is 0 Å². The summed E-state index contributed by atoms with van der Waals surface area (Å²) in [6, 6.07) is 14.1. The van der Waals surface area contributed by atoms with Crippen LogP contribution in [-0.4, -0.2) is 25.2 Å². The van der Waals surface area contributed by atoms with Crippen molar-refractivity contribution in [3.63, 3.8) is 0 Å². The molecule has 0 saturated carbocycles. The van der Waals surface area contributed by atoms with E-state index < -0.39 is 6.09 Å². The monoisotopic (exact) mass is 335 g/mol. The summed E-state index contributed by atoms with van der Waals surface area (Å²) in [7, 11) is 0. The van der Waals surface area contributed by atoms with E-state index in [2.05, 4.69) is 17.2 Å². The maximum Gasteiger partial charge on any atom is 0.407 e. The number of hydrogen-bond donors (Lipinski definition) is 1. The molecule has 5 heteroatoms. The van der Waals surface area contributed by atoms with Crippen LogP contribution in [0.2, 0.25) is 0 Å². The molecule has 0 heterocycles. The van der Waals surface area contributed by atoms with Crippen LogP contribution in [0.3, 0.4) is 0 Å². The Bertz CT molecular complexity index is 777. The highest BCUT2D eigenvalue weighted by atomic mass is 16.5. The Labute approximate surface area is 146 Å². The van der Waals surface area contributed by atoms with Crippen molar-refractivity contribution in [2.45, 2.75) is 13.0 Å². The smallest absolute Gasteiger partial charge is 0.407 e. The molecule has 0 aliphatic heterocycles. The topological polar surface area (TPSA) is 72.5 Å². The van der Waals surface area contributed by atoms with Gasteiger partial charge in [0.15, 0.2) is 0 Å². The predicted molar refractivity (Wildman–Crippen MR) is 93.3 cm³/mol. The van der Waals surface area contributed by atoms with Crippen molar-refractivity contribution < 1.29 is 19.1 Å². The van der Waals surface area contributed by atoms with E-state index in [1.165, 1.54) is 6.07 Å². The van der Waals surface area contributed by atoms with E-state index in [1.54, 1.807) is 12.1 Å². The molecular weight excluding hydrogens is 318 g/mol. The molecule has 0 bridgehead atoms. The number of ether oxygens (including phenoxy) is 1. The van der Waals surface area contributed by atoms with Gasteiger partial charge in [-0.05, 0) is 23.8 Å². The molecule has 0 aliphatic carbocycles. The average Bonchev–Trinajstić information content (AvgIpc) is 2.66. The molecule has 5 nitrogen and oxygen atoms in total. The molecule has 0 fully saturated rings. The number of nitrogens with one attached hydrogen (secondary N) is 1.